The Morgan fingerprint density at radius 3 is 2.23 bits per heavy atom. The number of aromatic nitrogens is 5. The van der Waals surface area contributed by atoms with E-state index >= 15 is 0 Å². The fourth-order valence-corrected chi connectivity index (χ4v) is 5.24. The largest absolute Gasteiger partial charge is 0.378 e. The highest BCUT2D eigenvalue weighted by Gasteiger charge is 2.26. The topological polar surface area (TPSA) is 108 Å². The van der Waals surface area contributed by atoms with E-state index in [2.05, 4.69) is 20.4 Å². The maximum atomic E-state index is 13.7. The van der Waals surface area contributed by atoms with E-state index in [1.807, 2.05) is 60.7 Å². The third kappa shape index (κ3) is 5.22. The Bertz CT molecular complexity index is 1730. The average Bonchev–Trinajstić information content (AvgIpc) is 3.64. The predicted octanol–water partition coefficient (Wildman–Crippen LogP) is 4.05. The van der Waals surface area contributed by atoms with Crippen LogP contribution in [-0.4, -0.2) is 67.2 Å². The molecule has 1 fully saturated rings. The van der Waals surface area contributed by atoms with Crippen molar-refractivity contribution in [3.8, 4) is 22.6 Å². The Morgan fingerprint density at radius 2 is 1.52 bits per heavy atom. The first-order valence-electron chi connectivity index (χ1n) is 12.5. The Morgan fingerprint density at radius 1 is 0.850 bits per heavy atom. The molecule has 1 aliphatic heterocycles. The van der Waals surface area contributed by atoms with Gasteiger partial charge in [-0.05, 0) is 47.9 Å². The smallest absolute Gasteiger partial charge is 0.301 e. The van der Waals surface area contributed by atoms with Crippen molar-refractivity contribution in [3.05, 3.63) is 106 Å². The minimum Gasteiger partial charge on any atom is -0.378 e. The highest BCUT2D eigenvalue weighted by molar-refractivity contribution is 7.04. The summed E-state index contributed by atoms with van der Waals surface area (Å²) < 4.78 is 8.72. The average molecular weight is 572 g/mol. The van der Waals surface area contributed by atoms with E-state index in [-0.39, 0.29) is 22.0 Å². The molecule has 3 aromatic carbocycles. The van der Waals surface area contributed by atoms with Crippen LogP contribution in [0, 0.1) is 0 Å². The molecule has 0 spiro atoms. The van der Waals surface area contributed by atoms with Crippen molar-refractivity contribution in [1.82, 2.24) is 29.1 Å². The van der Waals surface area contributed by atoms with Gasteiger partial charge in [-0.25, -0.2) is 4.68 Å². The number of nitrogens with zero attached hydrogens (tertiary/aromatic N) is 7. The molecule has 40 heavy (non-hydrogen) atoms. The molecule has 12 heteroatoms. The van der Waals surface area contributed by atoms with E-state index in [0.29, 0.717) is 42.7 Å². The van der Waals surface area contributed by atoms with E-state index in [1.165, 1.54) is 0 Å². The van der Waals surface area contributed by atoms with Gasteiger partial charge in [0.15, 0.2) is 16.1 Å². The SMILES string of the molecule is O=C(N=c1sn(-c2ccc(Cl)cc2)nc1C(=O)N1CCOCC1)c1nnn(-c2ccccc2)c1-c1ccccc1. The van der Waals surface area contributed by atoms with Crippen LogP contribution in [0.1, 0.15) is 21.0 Å². The fourth-order valence-electron chi connectivity index (χ4n) is 4.26. The van der Waals surface area contributed by atoms with Gasteiger partial charge in [0, 0.05) is 23.7 Å². The summed E-state index contributed by atoms with van der Waals surface area (Å²) in [6.45, 7) is 1.71. The number of rotatable bonds is 5. The van der Waals surface area contributed by atoms with Gasteiger partial charge in [-0.15, -0.1) is 10.2 Å². The van der Waals surface area contributed by atoms with Crippen LogP contribution in [0.15, 0.2) is 89.9 Å². The second kappa shape index (κ2) is 11.3. The quantitative estimate of drug-likeness (QED) is 0.315. The lowest BCUT2D eigenvalue weighted by atomic mass is 10.1. The minimum atomic E-state index is -0.635. The lowest BCUT2D eigenvalue weighted by molar-refractivity contribution is 0.0297. The normalized spacial score (nSPS) is 13.9. The molecule has 2 amide bonds. The molecule has 0 unspecified atom stereocenters. The van der Waals surface area contributed by atoms with Gasteiger partial charge < -0.3 is 9.64 Å². The molecule has 0 radical (unpaired) electrons. The molecule has 0 N–H and O–H groups in total. The van der Waals surface area contributed by atoms with Crippen molar-refractivity contribution in [2.75, 3.05) is 26.3 Å². The Hall–Kier alpha value is -4.45. The van der Waals surface area contributed by atoms with Crippen LogP contribution in [0.2, 0.25) is 5.02 Å². The molecule has 3 heterocycles. The molecule has 0 saturated carbocycles. The highest BCUT2D eigenvalue weighted by Crippen LogP contribution is 2.26. The molecule has 6 rings (SSSR count). The summed E-state index contributed by atoms with van der Waals surface area (Å²) in [6.07, 6.45) is 0. The fraction of sp³-hybridized carbons (Fsp3) is 0.143. The van der Waals surface area contributed by atoms with Crippen LogP contribution in [0.3, 0.4) is 0 Å². The summed E-state index contributed by atoms with van der Waals surface area (Å²) in [5.41, 5.74) is 2.81. The van der Waals surface area contributed by atoms with Crippen molar-refractivity contribution < 1.29 is 14.3 Å². The van der Waals surface area contributed by atoms with E-state index in [4.69, 9.17) is 16.3 Å². The summed E-state index contributed by atoms with van der Waals surface area (Å²) in [4.78, 5) is 33.2. The number of carbonyl (C=O) groups excluding carboxylic acids is 2. The molecule has 0 aliphatic carbocycles. The number of halogens is 1. The number of hydrogen-bond acceptors (Lipinski definition) is 7. The molecule has 2 aromatic heterocycles. The zero-order valence-corrected chi connectivity index (χ0v) is 22.6. The number of morpholine rings is 1. The molecule has 1 saturated heterocycles. The van der Waals surface area contributed by atoms with Gasteiger partial charge in [0.1, 0.15) is 5.69 Å². The van der Waals surface area contributed by atoms with Crippen molar-refractivity contribution in [3.63, 3.8) is 0 Å². The summed E-state index contributed by atoms with van der Waals surface area (Å²) in [7, 11) is 0. The minimum absolute atomic E-state index is 0.0614. The Balaban J connectivity index is 1.47. The van der Waals surface area contributed by atoms with Gasteiger partial charge in [-0.3, -0.25) is 9.59 Å². The van der Waals surface area contributed by atoms with Crippen LogP contribution < -0.4 is 4.67 Å². The third-order valence-corrected chi connectivity index (χ3v) is 7.41. The molecule has 1 aliphatic rings. The number of benzene rings is 3. The van der Waals surface area contributed by atoms with Gasteiger partial charge in [-0.2, -0.15) is 9.06 Å². The summed E-state index contributed by atoms with van der Waals surface area (Å²) in [5.74, 6) is -0.959. The monoisotopic (exact) mass is 571 g/mol. The summed E-state index contributed by atoms with van der Waals surface area (Å²) >= 11 is 7.14. The zero-order valence-electron chi connectivity index (χ0n) is 21.1. The van der Waals surface area contributed by atoms with Gasteiger partial charge >= 0.3 is 5.91 Å². The lowest BCUT2D eigenvalue weighted by Crippen LogP contribution is -2.42. The first-order valence-corrected chi connectivity index (χ1v) is 13.6. The maximum absolute atomic E-state index is 13.7. The standard InChI is InChI=1S/C28H22ClN7O3S/c29-20-11-13-22(14-12-20)36-32-24(28(38)34-15-17-39-18-16-34)27(40-36)30-26(37)23-25(19-7-3-1-4-8-19)35(33-31-23)21-9-5-2-6-10-21/h1-14H,15-18H2. The number of amides is 2. The maximum Gasteiger partial charge on any atom is 0.301 e. The molecule has 0 atom stereocenters. The van der Waals surface area contributed by atoms with Gasteiger partial charge in [0.2, 0.25) is 0 Å². The van der Waals surface area contributed by atoms with Gasteiger partial charge in [0.25, 0.3) is 5.91 Å². The summed E-state index contributed by atoms with van der Waals surface area (Å²) in [5, 5.41) is 13.6. The molecule has 10 nitrogen and oxygen atoms in total. The highest BCUT2D eigenvalue weighted by atomic mass is 35.5. The summed E-state index contributed by atoms with van der Waals surface area (Å²) in [6, 6.07) is 25.8. The van der Waals surface area contributed by atoms with Crippen LogP contribution >= 0.6 is 23.1 Å². The molecular weight excluding hydrogens is 550 g/mol. The Labute approximate surface area is 237 Å². The van der Waals surface area contributed by atoms with Crippen molar-refractivity contribution in [2.45, 2.75) is 0 Å². The number of para-hydroxylation sites is 1. The van der Waals surface area contributed by atoms with Crippen LogP contribution in [0.25, 0.3) is 22.6 Å². The first-order chi connectivity index (χ1) is 19.6. The van der Waals surface area contributed by atoms with E-state index in [9.17, 15) is 9.59 Å². The van der Waals surface area contributed by atoms with E-state index in [1.54, 1.807) is 37.9 Å². The van der Waals surface area contributed by atoms with Gasteiger partial charge in [0.05, 0.1) is 24.6 Å². The first kappa shape index (κ1) is 25.8. The second-order valence-electron chi connectivity index (χ2n) is 8.82. The van der Waals surface area contributed by atoms with Crippen molar-refractivity contribution in [2.24, 2.45) is 4.99 Å². The van der Waals surface area contributed by atoms with Crippen molar-refractivity contribution >= 4 is 34.9 Å². The lowest BCUT2D eigenvalue weighted by Gasteiger charge is -2.25. The molecular formula is C28H22ClN7O3S. The molecule has 200 valence electrons. The third-order valence-electron chi connectivity index (χ3n) is 6.24. The van der Waals surface area contributed by atoms with Gasteiger partial charge in [-0.1, -0.05) is 65.3 Å². The van der Waals surface area contributed by atoms with Crippen LogP contribution in [0.5, 0.6) is 0 Å². The van der Waals surface area contributed by atoms with Crippen LogP contribution in [0.4, 0.5) is 0 Å². The van der Waals surface area contributed by atoms with E-state index in [0.717, 1.165) is 22.8 Å². The zero-order chi connectivity index (χ0) is 27.5. The molecule has 0 bridgehead atoms. The number of hydrogen-bond donors (Lipinski definition) is 0. The second-order valence-corrected chi connectivity index (χ2v) is 10.2. The van der Waals surface area contributed by atoms with Crippen LogP contribution in [-0.2, 0) is 4.74 Å². The number of carbonyl (C=O) groups is 2. The van der Waals surface area contributed by atoms with E-state index < -0.39 is 5.91 Å². The molecule has 5 aromatic rings. The van der Waals surface area contributed by atoms with Crippen molar-refractivity contribution in [1.29, 1.82) is 0 Å². The number of ether oxygens (including phenoxy) is 1. The predicted molar refractivity (Wildman–Crippen MR) is 150 cm³/mol. The Kier molecular flexibility index (Phi) is 7.32.